The van der Waals surface area contributed by atoms with E-state index in [1.54, 1.807) is 6.07 Å². The van der Waals surface area contributed by atoms with E-state index in [9.17, 15) is 0 Å². The topological polar surface area (TPSA) is 71.5 Å². The zero-order chi connectivity index (χ0) is 10.8. The highest BCUT2D eigenvalue weighted by molar-refractivity contribution is 5.98. The van der Waals surface area contributed by atoms with E-state index in [0.717, 1.165) is 16.5 Å². The zero-order valence-corrected chi connectivity index (χ0v) is 8.31. The fraction of sp³-hybridized carbons (Fsp3) is 0.0909. The molecule has 0 aliphatic heterocycles. The molecule has 1 heterocycles. The van der Waals surface area contributed by atoms with Crippen LogP contribution in [-0.2, 0) is 0 Å². The summed E-state index contributed by atoms with van der Waals surface area (Å²) < 4.78 is 0. The first-order chi connectivity index (χ1) is 7.22. The highest BCUT2D eigenvalue weighted by Gasteiger charge is 2.05. The molecule has 0 aliphatic rings. The number of pyridine rings is 1. The van der Waals surface area contributed by atoms with Crippen LogP contribution < -0.4 is 5.73 Å². The Morgan fingerprint density at radius 1 is 1.40 bits per heavy atom. The van der Waals surface area contributed by atoms with Crippen LogP contribution in [0.2, 0.25) is 0 Å². The molecule has 4 heteroatoms. The van der Waals surface area contributed by atoms with Crippen molar-refractivity contribution in [2.45, 2.75) is 6.92 Å². The van der Waals surface area contributed by atoms with Gasteiger partial charge in [0.1, 0.15) is 5.69 Å². The van der Waals surface area contributed by atoms with E-state index in [4.69, 9.17) is 10.9 Å². The van der Waals surface area contributed by atoms with Crippen molar-refractivity contribution < 1.29 is 5.21 Å². The lowest BCUT2D eigenvalue weighted by Gasteiger charge is -2.04. The van der Waals surface area contributed by atoms with Gasteiger partial charge in [0.2, 0.25) is 0 Å². The van der Waals surface area contributed by atoms with Crippen LogP contribution in [0.25, 0.3) is 10.9 Å². The first kappa shape index (κ1) is 9.45. The lowest BCUT2D eigenvalue weighted by Crippen LogP contribution is -2.15. The third kappa shape index (κ3) is 1.61. The highest BCUT2D eigenvalue weighted by Crippen LogP contribution is 2.16. The van der Waals surface area contributed by atoms with Crippen molar-refractivity contribution in [1.29, 1.82) is 0 Å². The predicted octanol–water partition coefficient (Wildman–Crippen LogP) is 1.64. The van der Waals surface area contributed by atoms with E-state index in [0.29, 0.717) is 5.69 Å². The van der Waals surface area contributed by atoms with Crippen LogP contribution in [0.4, 0.5) is 0 Å². The average Bonchev–Trinajstić information content (AvgIpc) is 2.28. The van der Waals surface area contributed by atoms with E-state index in [1.165, 1.54) is 0 Å². The van der Waals surface area contributed by atoms with E-state index >= 15 is 0 Å². The van der Waals surface area contributed by atoms with Crippen molar-refractivity contribution in [3.05, 3.63) is 41.6 Å². The summed E-state index contributed by atoms with van der Waals surface area (Å²) >= 11 is 0. The van der Waals surface area contributed by atoms with E-state index < -0.39 is 0 Å². The molecule has 76 valence electrons. The van der Waals surface area contributed by atoms with Gasteiger partial charge in [0, 0.05) is 5.39 Å². The Morgan fingerprint density at radius 2 is 2.13 bits per heavy atom. The molecule has 0 unspecified atom stereocenters. The fourth-order valence-corrected chi connectivity index (χ4v) is 1.53. The summed E-state index contributed by atoms with van der Waals surface area (Å²) in [5.74, 6) is 0.0313. The van der Waals surface area contributed by atoms with Gasteiger partial charge in [-0.05, 0) is 24.6 Å². The molecular weight excluding hydrogens is 190 g/mol. The number of rotatable bonds is 1. The van der Waals surface area contributed by atoms with Gasteiger partial charge >= 0.3 is 0 Å². The number of hydrogen-bond donors (Lipinski definition) is 2. The number of aromatic nitrogens is 1. The van der Waals surface area contributed by atoms with Crippen LogP contribution in [0.15, 0.2) is 35.5 Å². The van der Waals surface area contributed by atoms with E-state index in [-0.39, 0.29) is 5.84 Å². The lowest BCUT2D eigenvalue weighted by molar-refractivity contribution is 0.318. The lowest BCUT2D eigenvalue weighted by atomic mass is 10.1. The van der Waals surface area contributed by atoms with Gasteiger partial charge in [0.25, 0.3) is 0 Å². The number of fused-ring (bicyclic) bond motifs is 1. The van der Waals surface area contributed by atoms with Crippen molar-refractivity contribution in [2.75, 3.05) is 0 Å². The Hall–Kier alpha value is -2.10. The standard InChI is InChI=1S/C11H11N3O/c1-7-6-10(11(12)14-15)13-9-5-3-2-4-8(7)9/h2-6,15H,1H3,(H2,12,14). The second kappa shape index (κ2) is 3.57. The minimum atomic E-state index is 0.0313. The van der Waals surface area contributed by atoms with E-state index in [1.807, 2.05) is 31.2 Å². The molecule has 15 heavy (non-hydrogen) atoms. The molecule has 4 nitrogen and oxygen atoms in total. The maximum absolute atomic E-state index is 8.57. The second-order valence-electron chi connectivity index (χ2n) is 3.33. The number of hydrogen-bond acceptors (Lipinski definition) is 3. The molecule has 0 atom stereocenters. The van der Waals surface area contributed by atoms with Gasteiger partial charge in [-0.1, -0.05) is 23.4 Å². The largest absolute Gasteiger partial charge is 0.409 e. The van der Waals surface area contributed by atoms with Gasteiger partial charge in [0.15, 0.2) is 5.84 Å². The minimum Gasteiger partial charge on any atom is -0.409 e. The predicted molar refractivity (Wildman–Crippen MR) is 59.0 cm³/mol. The molecule has 0 aliphatic carbocycles. The maximum Gasteiger partial charge on any atom is 0.188 e. The number of oxime groups is 1. The SMILES string of the molecule is Cc1cc(/C(N)=N/O)nc2ccccc12. The summed E-state index contributed by atoms with van der Waals surface area (Å²) in [4.78, 5) is 4.29. The molecule has 0 spiro atoms. The second-order valence-corrected chi connectivity index (χ2v) is 3.33. The molecule has 0 fully saturated rings. The van der Waals surface area contributed by atoms with Crippen LogP contribution in [0, 0.1) is 6.92 Å². The number of nitrogens with two attached hydrogens (primary N) is 1. The summed E-state index contributed by atoms with van der Waals surface area (Å²) in [6.45, 7) is 1.97. The summed E-state index contributed by atoms with van der Waals surface area (Å²) in [6, 6.07) is 9.56. The highest BCUT2D eigenvalue weighted by atomic mass is 16.4. The van der Waals surface area contributed by atoms with Crippen molar-refractivity contribution >= 4 is 16.7 Å². The molecule has 0 saturated heterocycles. The van der Waals surface area contributed by atoms with Gasteiger partial charge in [-0.25, -0.2) is 4.98 Å². The third-order valence-electron chi connectivity index (χ3n) is 2.29. The molecule has 0 radical (unpaired) electrons. The number of amidine groups is 1. The van der Waals surface area contributed by atoms with Crippen LogP contribution in [0.5, 0.6) is 0 Å². The van der Waals surface area contributed by atoms with E-state index in [2.05, 4.69) is 10.1 Å². The van der Waals surface area contributed by atoms with Crippen molar-refractivity contribution in [2.24, 2.45) is 10.9 Å². The summed E-state index contributed by atoms with van der Waals surface area (Å²) in [6.07, 6.45) is 0. The first-order valence-electron chi connectivity index (χ1n) is 4.56. The van der Waals surface area contributed by atoms with Crippen LogP contribution in [-0.4, -0.2) is 16.0 Å². The van der Waals surface area contributed by atoms with Crippen LogP contribution in [0.1, 0.15) is 11.3 Å². The number of para-hydroxylation sites is 1. The molecule has 1 aromatic carbocycles. The van der Waals surface area contributed by atoms with Crippen molar-refractivity contribution in [3.63, 3.8) is 0 Å². The monoisotopic (exact) mass is 201 g/mol. The normalized spacial score (nSPS) is 11.9. The fourth-order valence-electron chi connectivity index (χ4n) is 1.53. The average molecular weight is 201 g/mol. The van der Waals surface area contributed by atoms with Gasteiger partial charge in [-0.15, -0.1) is 0 Å². The zero-order valence-electron chi connectivity index (χ0n) is 8.31. The summed E-state index contributed by atoms with van der Waals surface area (Å²) in [7, 11) is 0. The van der Waals surface area contributed by atoms with Gasteiger partial charge in [-0.2, -0.15) is 0 Å². The van der Waals surface area contributed by atoms with Crippen molar-refractivity contribution in [3.8, 4) is 0 Å². The smallest absolute Gasteiger partial charge is 0.188 e. The third-order valence-corrected chi connectivity index (χ3v) is 2.29. The minimum absolute atomic E-state index is 0.0313. The molecule has 2 rings (SSSR count). The molecule has 0 amide bonds. The van der Waals surface area contributed by atoms with Crippen LogP contribution in [0.3, 0.4) is 0 Å². The molecule has 2 aromatic rings. The maximum atomic E-state index is 8.57. The Balaban J connectivity index is 2.73. The molecule has 0 bridgehead atoms. The molecule has 0 saturated carbocycles. The summed E-state index contributed by atoms with van der Waals surface area (Å²) in [5.41, 5.74) is 7.89. The van der Waals surface area contributed by atoms with Crippen LogP contribution >= 0.6 is 0 Å². The van der Waals surface area contributed by atoms with Crippen molar-refractivity contribution in [1.82, 2.24) is 4.98 Å². The number of aryl methyl sites for hydroxylation is 1. The number of nitrogens with zero attached hydrogens (tertiary/aromatic N) is 2. The Bertz CT molecular complexity index is 534. The Morgan fingerprint density at radius 3 is 2.87 bits per heavy atom. The molecular formula is C11H11N3O. The van der Waals surface area contributed by atoms with Gasteiger partial charge < -0.3 is 10.9 Å². The Labute approximate surface area is 87.0 Å². The summed E-state index contributed by atoms with van der Waals surface area (Å²) in [5, 5.41) is 12.6. The molecule has 1 aromatic heterocycles. The Kier molecular flexibility index (Phi) is 2.25. The quantitative estimate of drug-likeness (QED) is 0.319. The molecule has 3 N–H and O–H groups in total. The van der Waals surface area contributed by atoms with Gasteiger partial charge in [0.05, 0.1) is 5.52 Å². The number of benzene rings is 1. The van der Waals surface area contributed by atoms with Gasteiger partial charge in [-0.3, -0.25) is 0 Å². The first-order valence-corrected chi connectivity index (χ1v) is 4.56.